The topological polar surface area (TPSA) is 94.4 Å². The van der Waals surface area contributed by atoms with Crippen molar-refractivity contribution in [2.75, 3.05) is 20.8 Å². The normalized spacial score (nSPS) is 10.5. The number of aliphatic imine (C=N–C) groups is 1. The summed E-state index contributed by atoms with van der Waals surface area (Å²) in [5, 5.41) is 8.86. The number of benzene rings is 2. The number of carbonyl (C=O) groups is 2. The number of hydrogen-bond donors (Lipinski definition) is 1. The van der Waals surface area contributed by atoms with Gasteiger partial charge in [0, 0.05) is 11.8 Å². The van der Waals surface area contributed by atoms with Crippen molar-refractivity contribution in [2.24, 2.45) is 4.99 Å². The van der Waals surface area contributed by atoms with E-state index in [2.05, 4.69) is 16.3 Å². The van der Waals surface area contributed by atoms with E-state index in [0.29, 0.717) is 29.2 Å². The molecule has 0 spiro atoms. The number of rotatable bonds is 9. The Bertz CT molecular complexity index is 887. The quantitative estimate of drug-likeness (QED) is 0.405. The average Bonchev–Trinajstić information content (AvgIpc) is 2.70. The van der Waals surface area contributed by atoms with Gasteiger partial charge < -0.3 is 19.3 Å². The maximum Gasteiger partial charge on any atom is 0.341 e. The molecule has 2 aromatic rings. The molecule has 7 heteroatoms. The van der Waals surface area contributed by atoms with Gasteiger partial charge in [-0.05, 0) is 48.4 Å². The van der Waals surface area contributed by atoms with Crippen LogP contribution in [0.15, 0.2) is 54.0 Å². The number of allylic oxidation sites excluding steroid dienone is 1. The number of ether oxygens (including phenoxy) is 3. The third-order valence-corrected chi connectivity index (χ3v) is 3.73. The highest BCUT2D eigenvalue weighted by molar-refractivity contribution is 5.90. The molecule has 2 aromatic carbocycles. The smallest absolute Gasteiger partial charge is 0.341 e. The van der Waals surface area contributed by atoms with Crippen LogP contribution in [0.1, 0.15) is 21.5 Å². The first-order valence-corrected chi connectivity index (χ1v) is 8.37. The molecular weight excluding hydrogens is 362 g/mol. The number of carboxylic acids is 1. The second kappa shape index (κ2) is 9.91. The highest BCUT2D eigenvalue weighted by Crippen LogP contribution is 2.33. The molecule has 0 amide bonds. The van der Waals surface area contributed by atoms with Crippen LogP contribution >= 0.6 is 0 Å². The van der Waals surface area contributed by atoms with Crippen LogP contribution in [0.4, 0.5) is 5.69 Å². The summed E-state index contributed by atoms with van der Waals surface area (Å²) < 4.78 is 15.4. The van der Waals surface area contributed by atoms with Crippen LogP contribution in [0.2, 0.25) is 0 Å². The van der Waals surface area contributed by atoms with E-state index in [1.54, 1.807) is 42.6 Å². The molecule has 0 heterocycles. The van der Waals surface area contributed by atoms with E-state index in [9.17, 15) is 9.59 Å². The van der Waals surface area contributed by atoms with E-state index in [-0.39, 0.29) is 0 Å². The number of aliphatic carboxylic acids is 1. The minimum Gasteiger partial charge on any atom is -0.493 e. The number of hydrogen-bond acceptors (Lipinski definition) is 6. The van der Waals surface area contributed by atoms with Gasteiger partial charge in [0.1, 0.15) is 0 Å². The summed E-state index contributed by atoms with van der Waals surface area (Å²) in [4.78, 5) is 26.7. The van der Waals surface area contributed by atoms with Gasteiger partial charge in [0.2, 0.25) is 0 Å². The number of methoxy groups -OCH3 is 2. The molecule has 0 aromatic heterocycles. The first-order valence-electron chi connectivity index (χ1n) is 8.37. The molecule has 146 valence electrons. The molecule has 2 rings (SSSR count). The van der Waals surface area contributed by atoms with Crippen molar-refractivity contribution < 1.29 is 28.9 Å². The predicted octanol–water partition coefficient (Wildman–Crippen LogP) is 3.42. The largest absolute Gasteiger partial charge is 0.493 e. The van der Waals surface area contributed by atoms with E-state index >= 15 is 0 Å². The Hall–Kier alpha value is -3.61. The van der Waals surface area contributed by atoms with Crippen molar-refractivity contribution in [3.05, 3.63) is 65.7 Å². The van der Waals surface area contributed by atoms with Gasteiger partial charge in [-0.2, -0.15) is 0 Å². The van der Waals surface area contributed by atoms with Crippen LogP contribution in [0.25, 0.3) is 0 Å². The first-order chi connectivity index (χ1) is 13.5. The summed E-state index contributed by atoms with van der Waals surface area (Å²) in [6.07, 6.45) is 3.80. The van der Waals surface area contributed by atoms with Gasteiger partial charge in [0.15, 0.2) is 18.1 Å². The van der Waals surface area contributed by atoms with E-state index in [1.807, 2.05) is 6.07 Å². The Morgan fingerprint density at radius 1 is 1.18 bits per heavy atom. The van der Waals surface area contributed by atoms with Gasteiger partial charge in [-0.25, -0.2) is 9.59 Å². The molecule has 0 aliphatic rings. The lowest BCUT2D eigenvalue weighted by Gasteiger charge is -2.14. The van der Waals surface area contributed by atoms with E-state index in [0.717, 1.165) is 11.1 Å². The van der Waals surface area contributed by atoms with E-state index in [1.165, 1.54) is 14.2 Å². The number of nitrogens with zero attached hydrogens (tertiary/aromatic N) is 1. The number of carbonyl (C=O) groups excluding carboxylic acids is 1. The molecule has 0 bridgehead atoms. The van der Waals surface area contributed by atoms with Gasteiger partial charge in [-0.3, -0.25) is 4.99 Å². The summed E-state index contributed by atoms with van der Waals surface area (Å²) in [6.45, 7) is 3.24. The van der Waals surface area contributed by atoms with Crippen molar-refractivity contribution in [1.82, 2.24) is 0 Å². The van der Waals surface area contributed by atoms with Crippen molar-refractivity contribution in [3.63, 3.8) is 0 Å². The minimum atomic E-state index is -1.08. The molecule has 0 atom stereocenters. The molecule has 0 fully saturated rings. The molecule has 0 aliphatic carbocycles. The highest BCUT2D eigenvalue weighted by Gasteiger charge is 2.13. The Balaban J connectivity index is 2.30. The predicted molar refractivity (Wildman–Crippen MR) is 105 cm³/mol. The zero-order valence-corrected chi connectivity index (χ0v) is 15.7. The Morgan fingerprint density at radius 2 is 1.89 bits per heavy atom. The van der Waals surface area contributed by atoms with Gasteiger partial charge in [-0.15, -0.1) is 6.58 Å². The fourth-order valence-electron chi connectivity index (χ4n) is 2.47. The molecule has 0 saturated heterocycles. The second-order valence-electron chi connectivity index (χ2n) is 5.68. The first kappa shape index (κ1) is 20.7. The summed E-state index contributed by atoms with van der Waals surface area (Å²) in [5.41, 5.74) is 2.57. The fourth-order valence-corrected chi connectivity index (χ4v) is 2.47. The third-order valence-electron chi connectivity index (χ3n) is 3.73. The van der Waals surface area contributed by atoms with Crippen LogP contribution < -0.4 is 9.47 Å². The maximum atomic E-state index is 11.5. The molecule has 0 aliphatic heterocycles. The van der Waals surface area contributed by atoms with Gasteiger partial charge in [0.05, 0.1) is 25.5 Å². The zero-order chi connectivity index (χ0) is 20.5. The standard InChI is InChI=1S/C21H21NO6/c1-4-5-16-10-14(11-18(26-2)20(16)28-13-19(23)24)12-22-17-8-6-15(7-9-17)21(25)27-3/h4,6-12H,1,5,13H2,2-3H3,(H,23,24). The van der Waals surface area contributed by atoms with Crippen LogP contribution in [-0.2, 0) is 16.0 Å². The van der Waals surface area contributed by atoms with E-state index < -0.39 is 18.5 Å². The summed E-state index contributed by atoms with van der Waals surface area (Å²) in [5.74, 6) is -0.716. The molecule has 28 heavy (non-hydrogen) atoms. The molecule has 0 unspecified atom stereocenters. The van der Waals surface area contributed by atoms with Gasteiger partial charge in [0.25, 0.3) is 0 Å². The van der Waals surface area contributed by atoms with Crippen LogP contribution in [0.5, 0.6) is 11.5 Å². The van der Waals surface area contributed by atoms with Crippen molar-refractivity contribution in [3.8, 4) is 11.5 Å². The summed E-state index contributed by atoms with van der Waals surface area (Å²) >= 11 is 0. The Kier molecular flexibility index (Phi) is 7.33. The maximum absolute atomic E-state index is 11.5. The SMILES string of the molecule is C=CCc1cc(C=Nc2ccc(C(=O)OC)cc2)cc(OC)c1OCC(=O)O. The van der Waals surface area contributed by atoms with Crippen molar-refractivity contribution in [1.29, 1.82) is 0 Å². The Morgan fingerprint density at radius 3 is 2.46 bits per heavy atom. The average molecular weight is 383 g/mol. The molecular formula is C21H21NO6. The van der Waals surface area contributed by atoms with Crippen LogP contribution in [0, 0.1) is 0 Å². The zero-order valence-electron chi connectivity index (χ0n) is 15.7. The molecule has 7 nitrogen and oxygen atoms in total. The second-order valence-corrected chi connectivity index (χ2v) is 5.68. The molecule has 0 saturated carbocycles. The van der Waals surface area contributed by atoms with E-state index in [4.69, 9.17) is 14.6 Å². The number of carboxylic acid groups (broad SMARTS) is 1. The monoisotopic (exact) mass is 383 g/mol. The van der Waals surface area contributed by atoms with Gasteiger partial charge >= 0.3 is 11.9 Å². The van der Waals surface area contributed by atoms with Gasteiger partial charge in [-0.1, -0.05) is 6.08 Å². The van der Waals surface area contributed by atoms with Crippen molar-refractivity contribution in [2.45, 2.75) is 6.42 Å². The summed E-state index contributed by atoms with van der Waals surface area (Å²) in [6, 6.07) is 10.2. The number of esters is 1. The van der Waals surface area contributed by atoms with Crippen LogP contribution in [0.3, 0.4) is 0 Å². The minimum absolute atomic E-state index is 0.365. The lowest BCUT2D eigenvalue weighted by molar-refractivity contribution is -0.139. The highest BCUT2D eigenvalue weighted by atomic mass is 16.5. The van der Waals surface area contributed by atoms with Crippen molar-refractivity contribution >= 4 is 23.8 Å². The Labute approximate surface area is 162 Å². The molecule has 1 N–H and O–H groups in total. The lowest BCUT2D eigenvalue weighted by Crippen LogP contribution is -2.11. The fraction of sp³-hybridized carbons (Fsp3) is 0.190. The lowest BCUT2D eigenvalue weighted by atomic mass is 10.1. The molecule has 0 radical (unpaired) electrons. The third kappa shape index (κ3) is 5.44. The summed E-state index contributed by atoms with van der Waals surface area (Å²) in [7, 11) is 2.81. The van der Waals surface area contributed by atoms with Crippen LogP contribution in [-0.4, -0.2) is 44.1 Å².